The van der Waals surface area contributed by atoms with Gasteiger partial charge >= 0.3 is 0 Å². The Morgan fingerprint density at radius 1 is 1.03 bits per heavy atom. The molecule has 0 fully saturated rings. The highest BCUT2D eigenvalue weighted by Crippen LogP contribution is 2.42. The second-order valence-electron chi connectivity index (χ2n) is 7.48. The molecule has 3 aromatic carbocycles. The smallest absolute Gasteiger partial charge is 0.259 e. The Labute approximate surface area is 181 Å². The lowest BCUT2D eigenvalue weighted by atomic mass is 9.89. The van der Waals surface area contributed by atoms with E-state index in [9.17, 15) is 9.59 Å². The first-order valence-electron chi connectivity index (χ1n) is 9.92. The summed E-state index contributed by atoms with van der Waals surface area (Å²) in [4.78, 5) is 29.6. The lowest BCUT2D eigenvalue weighted by Crippen LogP contribution is -2.47. The minimum atomic E-state index is -0.182. The van der Waals surface area contributed by atoms with Crippen LogP contribution in [0.2, 0.25) is 5.02 Å². The molecule has 0 spiro atoms. The molecule has 1 aliphatic rings. The van der Waals surface area contributed by atoms with Crippen LogP contribution in [0.4, 0.5) is 11.4 Å². The van der Waals surface area contributed by atoms with Crippen molar-refractivity contribution in [2.45, 2.75) is 32.4 Å². The molecule has 2 amide bonds. The first kappa shape index (κ1) is 20.2. The average Bonchev–Trinajstić information content (AvgIpc) is 2.75. The molecule has 5 heteroatoms. The molecule has 0 aromatic heterocycles. The molecule has 0 aliphatic carbocycles. The van der Waals surface area contributed by atoms with Crippen molar-refractivity contribution in [1.29, 1.82) is 0 Å². The van der Waals surface area contributed by atoms with Gasteiger partial charge in [-0.1, -0.05) is 48.0 Å². The van der Waals surface area contributed by atoms with Gasteiger partial charge in [-0.05, 0) is 61.4 Å². The lowest BCUT2D eigenvalue weighted by molar-refractivity contribution is -0.117. The van der Waals surface area contributed by atoms with Gasteiger partial charge in [-0.3, -0.25) is 9.59 Å². The van der Waals surface area contributed by atoms with Gasteiger partial charge < -0.3 is 9.80 Å². The number of halogens is 1. The summed E-state index contributed by atoms with van der Waals surface area (Å²) in [6, 6.07) is 25.0. The first-order chi connectivity index (χ1) is 14.5. The van der Waals surface area contributed by atoms with Crippen molar-refractivity contribution in [3.8, 4) is 0 Å². The molecular formula is C25H22ClN2O2. The van der Waals surface area contributed by atoms with E-state index < -0.39 is 0 Å². The molecule has 151 valence electrons. The molecule has 1 aliphatic heterocycles. The monoisotopic (exact) mass is 417 g/mol. The summed E-state index contributed by atoms with van der Waals surface area (Å²) in [6.07, 6.45) is 0.623. The molecule has 3 aromatic rings. The summed E-state index contributed by atoms with van der Waals surface area (Å²) in [5.74, 6) is -0.143. The fourth-order valence-electron chi connectivity index (χ4n) is 4.17. The fraction of sp³-hybridized carbons (Fsp3) is 0.200. The molecule has 30 heavy (non-hydrogen) atoms. The van der Waals surface area contributed by atoms with E-state index in [1.165, 1.54) is 0 Å². The minimum Gasteiger partial charge on any atom is -0.305 e. The van der Waals surface area contributed by atoms with Gasteiger partial charge in [0.15, 0.2) is 0 Å². The van der Waals surface area contributed by atoms with Crippen LogP contribution in [-0.4, -0.2) is 17.9 Å². The highest BCUT2D eigenvalue weighted by molar-refractivity contribution is 6.30. The van der Waals surface area contributed by atoms with E-state index in [2.05, 4.69) is 6.07 Å². The molecule has 2 unspecified atom stereocenters. The Hall–Kier alpha value is -3.11. The number of rotatable bonds is 3. The minimum absolute atomic E-state index is 0.0551. The maximum Gasteiger partial charge on any atom is 0.259 e. The number of hydrogen-bond acceptors (Lipinski definition) is 2. The molecular weight excluding hydrogens is 396 g/mol. The van der Waals surface area contributed by atoms with Crippen LogP contribution >= 0.6 is 11.6 Å². The number of nitrogens with zero attached hydrogens (tertiary/aromatic N) is 2. The molecule has 1 heterocycles. The van der Waals surface area contributed by atoms with Crippen LogP contribution in [0.15, 0.2) is 72.8 Å². The number of hydrogen-bond donors (Lipinski definition) is 0. The molecule has 0 saturated heterocycles. The van der Waals surface area contributed by atoms with Gasteiger partial charge in [-0.25, -0.2) is 0 Å². The highest BCUT2D eigenvalue weighted by atomic mass is 35.5. The van der Waals surface area contributed by atoms with Crippen LogP contribution < -0.4 is 9.80 Å². The van der Waals surface area contributed by atoms with Gasteiger partial charge in [0.05, 0.1) is 6.04 Å². The fourth-order valence-corrected chi connectivity index (χ4v) is 4.30. The van der Waals surface area contributed by atoms with Gasteiger partial charge in [0.25, 0.3) is 5.91 Å². The van der Waals surface area contributed by atoms with Crippen LogP contribution in [0.25, 0.3) is 0 Å². The molecule has 1 radical (unpaired) electrons. The molecule has 0 bridgehead atoms. The largest absolute Gasteiger partial charge is 0.305 e. The normalized spacial score (nSPS) is 17.9. The third-order valence-corrected chi connectivity index (χ3v) is 5.73. The predicted molar refractivity (Wildman–Crippen MR) is 120 cm³/mol. The van der Waals surface area contributed by atoms with E-state index in [1.54, 1.807) is 36.1 Å². The lowest BCUT2D eigenvalue weighted by Gasteiger charge is -2.43. The number of fused-ring (bicyclic) bond motifs is 1. The molecule has 0 saturated carbocycles. The van der Waals surface area contributed by atoms with Crippen molar-refractivity contribution < 1.29 is 9.59 Å². The topological polar surface area (TPSA) is 40.6 Å². The van der Waals surface area contributed by atoms with Crippen LogP contribution in [0.5, 0.6) is 0 Å². The molecule has 0 N–H and O–H groups in total. The molecule has 2 atom stereocenters. The van der Waals surface area contributed by atoms with E-state index in [-0.39, 0.29) is 23.9 Å². The van der Waals surface area contributed by atoms with Gasteiger partial charge in [-0.15, -0.1) is 0 Å². The number of amides is 2. The van der Waals surface area contributed by atoms with E-state index in [0.717, 1.165) is 16.9 Å². The SMILES string of the molecule is CC(=O)N(c1ccc(Cl)cc1)C1CC(C)N(C(=O)c2[c]cccc2)c2ccccc21. The Bertz CT molecular complexity index is 1070. The number of anilines is 2. The van der Waals surface area contributed by atoms with Gasteiger partial charge in [-0.2, -0.15) is 0 Å². The van der Waals surface area contributed by atoms with Crippen LogP contribution in [0.1, 0.15) is 42.2 Å². The zero-order valence-corrected chi connectivity index (χ0v) is 17.6. The Balaban J connectivity index is 1.78. The molecule has 4 nitrogen and oxygen atoms in total. The maximum atomic E-state index is 13.3. The van der Waals surface area contributed by atoms with E-state index in [1.807, 2.05) is 60.4 Å². The second-order valence-corrected chi connectivity index (χ2v) is 7.91. The average molecular weight is 418 g/mol. The Morgan fingerprint density at radius 2 is 1.73 bits per heavy atom. The molecule has 4 rings (SSSR count). The number of carbonyl (C=O) groups is 2. The summed E-state index contributed by atoms with van der Waals surface area (Å²) < 4.78 is 0. The number of benzene rings is 3. The van der Waals surface area contributed by atoms with Crippen molar-refractivity contribution in [1.82, 2.24) is 0 Å². The van der Waals surface area contributed by atoms with Crippen molar-refractivity contribution in [2.24, 2.45) is 0 Å². The summed E-state index contributed by atoms with van der Waals surface area (Å²) in [5, 5.41) is 0.621. The van der Waals surface area contributed by atoms with Gasteiger partial charge in [0.1, 0.15) is 0 Å². The quantitative estimate of drug-likeness (QED) is 0.550. The summed E-state index contributed by atoms with van der Waals surface area (Å²) in [7, 11) is 0. The standard InChI is InChI=1S/C25H22ClN2O2/c1-17-16-24(28(18(2)29)21-14-12-20(26)13-15-21)22-10-6-7-11-23(22)27(17)25(30)19-8-4-3-5-9-19/h3-8,10-15,17,24H,16H2,1-2H3. The zero-order chi connectivity index (χ0) is 21.3. The van der Waals surface area contributed by atoms with Crippen molar-refractivity contribution >= 4 is 34.8 Å². The number of carbonyl (C=O) groups excluding carboxylic acids is 2. The Morgan fingerprint density at radius 3 is 2.40 bits per heavy atom. The second kappa shape index (κ2) is 8.33. The maximum absolute atomic E-state index is 13.3. The summed E-state index contributed by atoms with van der Waals surface area (Å²) in [6.45, 7) is 3.59. The zero-order valence-electron chi connectivity index (χ0n) is 16.9. The van der Waals surface area contributed by atoms with Crippen LogP contribution in [0, 0.1) is 6.07 Å². The predicted octanol–water partition coefficient (Wildman–Crippen LogP) is 5.67. The Kier molecular flexibility index (Phi) is 5.60. The third kappa shape index (κ3) is 3.71. The first-order valence-corrected chi connectivity index (χ1v) is 10.3. The summed E-state index contributed by atoms with van der Waals surface area (Å²) >= 11 is 6.05. The van der Waals surface area contributed by atoms with Gasteiger partial charge in [0, 0.05) is 34.9 Å². The highest BCUT2D eigenvalue weighted by Gasteiger charge is 2.38. The summed E-state index contributed by atoms with van der Waals surface area (Å²) in [5.41, 5.74) is 3.09. The van der Waals surface area contributed by atoms with Gasteiger partial charge in [0.2, 0.25) is 5.91 Å². The van der Waals surface area contributed by atoms with Crippen molar-refractivity contribution in [2.75, 3.05) is 9.80 Å². The number of para-hydroxylation sites is 1. The third-order valence-electron chi connectivity index (χ3n) is 5.47. The van der Waals surface area contributed by atoms with E-state index >= 15 is 0 Å². The van der Waals surface area contributed by atoms with Crippen molar-refractivity contribution in [3.05, 3.63) is 95.0 Å². The van der Waals surface area contributed by atoms with E-state index in [0.29, 0.717) is 17.0 Å². The van der Waals surface area contributed by atoms with Crippen LogP contribution in [-0.2, 0) is 4.79 Å². The van der Waals surface area contributed by atoms with Crippen LogP contribution in [0.3, 0.4) is 0 Å². The van der Waals surface area contributed by atoms with E-state index in [4.69, 9.17) is 11.6 Å². The van der Waals surface area contributed by atoms with Crippen molar-refractivity contribution in [3.63, 3.8) is 0 Å².